The number of aliphatic hydroxyl groups excluding tert-OH is 1. The van der Waals surface area contributed by atoms with Crippen molar-refractivity contribution in [3.8, 4) is 5.75 Å². The Morgan fingerprint density at radius 1 is 1.30 bits per heavy atom. The maximum absolute atomic E-state index is 12.9. The summed E-state index contributed by atoms with van der Waals surface area (Å²) >= 11 is 0. The second kappa shape index (κ2) is 6.46. The number of methoxy groups -OCH3 is 1. The monoisotopic (exact) mass is 343 g/mol. The molecule has 0 bridgehead atoms. The van der Waals surface area contributed by atoms with E-state index in [1.54, 1.807) is 13.0 Å². The van der Waals surface area contributed by atoms with Crippen molar-refractivity contribution in [3.05, 3.63) is 23.3 Å². The van der Waals surface area contributed by atoms with E-state index in [1.807, 2.05) is 6.92 Å². The molecule has 1 aliphatic rings. The molecule has 128 valence electrons. The lowest BCUT2D eigenvalue weighted by Gasteiger charge is -2.33. The number of carboxylic acid groups (broad SMARTS) is 1. The summed E-state index contributed by atoms with van der Waals surface area (Å²) < 4.78 is 32.0. The van der Waals surface area contributed by atoms with Crippen molar-refractivity contribution >= 4 is 16.0 Å². The van der Waals surface area contributed by atoms with Crippen molar-refractivity contribution in [1.82, 2.24) is 4.31 Å². The Morgan fingerprint density at radius 3 is 2.48 bits per heavy atom. The molecule has 0 spiro atoms. The summed E-state index contributed by atoms with van der Waals surface area (Å²) in [6.07, 6.45) is -0.954. The SMILES string of the molecule is COc1cc(C)c(C)cc1S(=O)(=O)N1CC[C@@H](O)[C@@H](C(=O)O)C1. The predicted octanol–water partition coefficient (Wildman–Crippen LogP) is 0.768. The van der Waals surface area contributed by atoms with Gasteiger partial charge in [0, 0.05) is 13.1 Å². The average molecular weight is 343 g/mol. The number of aliphatic hydroxyl groups is 1. The predicted molar refractivity (Wildman–Crippen MR) is 83.0 cm³/mol. The Kier molecular flexibility index (Phi) is 4.98. The number of aryl methyl sites for hydroxylation is 2. The number of hydrogen-bond acceptors (Lipinski definition) is 5. The van der Waals surface area contributed by atoms with Crippen LogP contribution >= 0.6 is 0 Å². The molecule has 23 heavy (non-hydrogen) atoms. The van der Waals surface area contributed by atoms with Crippen molar-refractivity contribution in [2.45, 2.75) is 31.3 Å². The lowest BCUT2D eigenvalue weighted by molar-refractivity contribution is -0.147. The number of piperidine rings is 1. The smallest absolute Gasteiger partial charge is 0.310 e. The van der Waals surface area contributed by atoms with E-state index < -0.39 is 28.0 Å². The summed E-state index contributed by atoms with van der Waals surface area (Å²) in [6.45, 7) is 3.47. The number of nitrogens with zero attached hydrogens (tertiary/aromatic N) is 1. The number of benzene rings is 1. The third kappa shape index (κ3) is 3.34. The van der Waals surface area contributed by atoms with Crippen LogP contribution in [0.15, 0.2) is 17.0 Å². The summed E-state index contributed by atoms with van der Waals surface area (Å²) in [5.41, 5.74) is 1.70. The van der Waals surface area contributed by atoms with E-state index in [9.17, 15) is 18.3 Å². The lowest BCUT2D eigenvalue weighted by atomic mass is 9.96. The van der Waals surface area contributed by atoms with Crippen molar-refractivity contribution in [3.63, 3.8) is 0 Å². The molecule has 1 fully saturated rings. The van der Waals surface area contributed by atoms with Crippen LogP contribution in [0.5, 0.6) is 5.75 Å². The van der Waals surface area contributed by atoms with E-state index in [2.05, 4.69) is 0 Å². The van der Waals surface area contributed by atoms with Gasteiger partial charge < -0.3 is 14.9 Å². The zero-order valence-corrected chi connectivity index (χ0v) is 14.1. The molecule has 1 aliphatic heterocycles. The Balaban J connectivity index is 2.43. The summed E-state index contributed by atoms with van der Waals surface area (Å²) in [4.78, 5) is 11.2. The van der Waals surface area contributed by atoms with Gasteiger partial charge in [0.2, 0.25) is 10.0 Å². The van der Waals surface area contributed by atoms with Gasteiger partial charge in [-0.05, 0) is 43.5 Å². The molecular formula is C15H21NO6S. The van der Waals surface area contributed by atoms with Crippen LogP contribution < -0.4 is 4.74 Å². The lowest BCUT2D eigenvalue weighted by Crippen LogP contribution is -2.48. The molecule has 1 saturated heterocycles. The number of carbonyl (C=O) groups is 1. The van der Waals surface area contributed by atoms with Crippen LogP contribution in [-0.4, -0.2) is 55.2 Å². The molecule has 0 amide bonds. The van der Waals surface area contributed by atoms with Crippen molar-refractivity contribution < 1.29 is 28.2 Å². The van der Waals surface area contributed by atoms with Crippen LogP contribution in [0.25, 0.3) is 0 Å². The van der Waals surface area contributed by atoms with E-state index in [0.29, 0.717) is 0 Å². The molecular weight excluding hydrogens is 322 g/mol. The summed E-state index contributed by atoms with van der Waals surface area (Å²) in [5, 5.41) is 18.9. The maximum atomic E-state index is 12.9. The second-order valence-electron chi connectivity index (χ2n) is 5.75. The van der Waals surface area contributed by atoms with Crippen LogP contribution in [0.2, 0.25) is 0 Å². The molecule has 0 aliphatic carbocycles. The molecule has 1 aromatic rings. The van der Waals surface area contributed by atoms with E-state index in [1.165, 1.54) is 13.2 Å². The van der Waals surface area contributed by atoms with Crippen LogP contribution in [0, 0.1) is 19.8 Å². The van der Waals surface area contributed by atoms with E-state index in [-0.39, 0.29) is 30.2 Å². The van der Waals surface area contributed by atoms with Crippen LogP contribution in [0.4, 0.5) is 0 Å². The molecule has 8 heteroatoms. The first-order valence-corrected chi connectivity index (χ1v) is 8.68. The first kappa shape index (κ1) is 17.7. The second-order valence-corrected chi connectivity index (χ2v) is 7.66. The Morgan fingerprint density at radius 2 is 1.91 bits per heavy atom. The van der Waals surface area contributed by atoms with Gasteiger partial charge in [-0.25, -0.2) is 8.42 Å². The number of sulfonamides is 1. The van der Waals surface area contributed by atoms with Gasteiger partial charge in [0.15, 0.2) is 0 Å². The third-order valence-electron chi connectivity index (χ3n) is 4.25. The number of carboxylic acids is 1. The van der Waals surface area contributed by atoms with Gasteiger partial charge in [-0.1, -0.05) is 0 Å². The minimum atomic E-state index is -3.90. The molecule has 0 aromatic heterocycles. The van der Waals surface area contributed by atoms with Crippen LogP contribution in [-0.2, 0) is 14.8 Å². The highest BCUT2D eigenvalue weighted by Gasteiger charge is 2.39. The van der Waals surface area contributed by atoms with Gasteiger partial charge in [0.25, 0.3) is 0 Å². The summed E-state index contributed by atoms with van der Waals surface area (Å²) in [6, 6.07) is 3.18. The summed E-state index contributed by atoms with van der Waals surface area (Å²) in [7, 11) is -2.51. The van der Waals surface area contributed by atoms with Crippen molar-refractivity contribution in [2.75, 3.05) is 20.2 Å². The summed E-state index contributed by atoms with van der Waals surface area (Å²) in [5.74, 6) is -2.10. The molecule has 2 N–H and O–H groups in total. The fourth-order valence-electron chi connectivity index (χ4n) is 2.63. The molecule has 0 unspecified atom stereocenters. The highest BCUT2D eigenvalue weighted by Crippen LogP contribution is 2.32. The van der Waals surface area contributed by atoms with Crippen molar-refractivity contribution in [2.24, 2.45) is 5.92 Å². The fraction of sp³-hybridized carbons (Fsp3) is 0.533. The molecule has 2 atom stereocenters. The molecule has 7 nitrogen and oxygen atoms in total. The number of ether oxygens (including phenoxy) is 1. The minimum absolute atomic E-state index is 0.0172. The van der Waals surface area contributed by atoms with E-state index in [0.717, 1.165) is 15.4 Å². The Hall–Kier alpha value is -1.64. The van der Waals surface area contributed by atoms with Crippen LogP contribution in [0.3, 0.4) is 0 Å². The highest BCUT2D eigenvalue weighted by molar-refractivity contribution is 7.89. The molecule has 1 heterocycles. The Labute approximate surface area is 135 Å². The van der Waals surface area contributed by atoms with Gasteiger partial charge in [-0.2, -0.15) is 4.31 Å². The standard InChI is InChI=1S/C15H21NO6S/c1-9-6-13(22-3)14(7-10(9)2)23(20,21)16-5-4-12(17)11(8-16)15(18)19/h6-7,11-12,17H,4-5,8H2,1-3H3,(H,18,19)/t11-,12+/m0/s1. The Bertz CT molecular complexity index is 715. The van der Waals surface area contributed by atoms with Gasteiger partial charge >= 0.3 is 5.97 Å². The quantitative estimate of drug-likeness (QED) is 0.837. The molecule has 0 radical (unpaired) electrons. The fourth-order valence-corrected chi connectivity index (χ4v) is 4.34. The maximum Gasteiger partial charge on any atom is 0.310 e. The molecule has 2 rings (SSSR count). The zero-order chi connectivity index (χ0) is 17.4. The largest absolute Gasteiger partial charge is 0.495 e. The molecule has 0 saturated carbocycles. The van der Waals surface area contributed by atoms with Crippen LogP contribution in [0.1, 0.15) is 17.5 Å². The van der Waals surface area contributed by atoms with Crippen molar-refractivity contribution in [1.29, 1.82) is 0 Å². The van der Waals surface area contributed by atoms with Gasteiger partial charge in [0.1, 0.15) is 10.6 Å². The first-order chi connectivity index (χ1) is 10.7. The van der Waals surface area contributed by atoms with E-state index >= 15 is 0 Å². The first-order valence-electron chi connectivity index (χ1n) is 7.24. The third-order valence-corrected chi connectivity index (χ3v) is 6.14. The molecule has 1 aromatic carbocycles. The van der Waals surface area contributed by atoms with Gasteiger partial charge in [-0.15, -0.1) is 0 Å². The van der Waals surface area contributed by atoms with Gasteiger partial charge in [-0.3, -0.25) is 4.79 Å². The normalized spacial score (nSPS) is 22.8. The highest BCUT2D eigenvalue weighted by atomic mass is 32.2. The van der Waals surface area contributed by atoms with Gasteiger partial charge in [0.05, 0.1) is 19.1 Å². The number of aliphatic carboxylic acids is 1. The topological polar surface area (TPSA) is 104 Å². The zero-order valence-electron chi connectivity index (χ0n) is 13.3. The number of rotatable bonds is 4. The number of hydrogen-bond donors (Lipinski definition) is 2. The van der Waals surface area contributed by atoms with E-state index in [4.69, 9.17) is 9.84 Å². The minimum Gasteiger partial charge on any atom is -0.495 e. The average Bonchev–Trinajstić information content (AvgIpc) is 2.49.